The van der Waals surface area contributed by atoms with Crippen LogP contribution in [-0.4, -0.2) is 60.1 Å². The molecule has 10 nitrogen and oxygen atoms in total. The molecule has 2 aromatic heterocycles. The number of carbonyl (C=O) groups excluding carboxylic acids is 1. The smallest absolute Gasteiger partial charge is 0.272 e. The summed E-state index contributed by atoms with van der Waals surface area (Å²) in [6.45, 7) is 1.12. The van der Waals surface area contributed by atoms with Gasteiger partial charge >= 0.3 is 0 Å². The van der Waals surface area contributed by atoms with Gasteiger partial charge in [-0.1, -0.05) is 5.10 Å². The van der Waals surface area contributed by atoms with Crippen LogP contribution < -0.4 is 19.5 Å². The molecule has 142 valence electrons. The first kappa shape index (κ1) is 17.5. The zero-order valence-electron chi connectivity index (χ0n) is 14.6. The monoisotopic (exact) mass is 391 g/mol. The second-order valence-corrected chi connectivity index (χ2v) is 6.81. The number of aromatic amines is 1. The fourth-order valence-corrected chi connectivity index (χ4v) is 3.85. The number of H-pyrrole nitrogens is 1. The van der Waals surface area contributed by atoms with Crippen LogP contribution >= 0.6 is 11.3 Å². The van der Waals surface area contributed by atoms with Gasteiger partial charge in [0.05, 0.1) is 27.4 Å². The van der Waals surface area contributed by atoms with Crippen molar-refractivity contribution >= 4 is 33.3 Å². The number of anilines is 1. The molecule has 0 aliphatic carbocycles. The Kier molecular flexibility index (Phi) is 4.77. The summed E-state index contributed by atoms with van der Waals surface area (Å²) < 4.78 is 23.1. The summed E-state index contributed by atoms with van der Waals surface area (Å²) in [6.07, 6.45) is 0.643. The summed E-state index contributed by atoms with van der Waals surface area (Å²) in [7, 11) is 3.12. The molecule has 0 bridgehead atoms. The summed E-state index contributed by atoms with van der Waals surface area (Å²) in [5.74, 6) is 1.31. The number of fused-ring (bicyclic) bond motifs is 1. The van der Waals surface area contributed by atoms with Crippen molar-refractivity contribution in [3.8, 4) is 17.2 Å². The minimum atomic E-state index is -0.385. The average Bonchev–Trinajstić information content (AvgIpc) is 3.43. The Balaban J connectivity index is 1.78. The number of thiophene rings is 1. The Labute approximate surface area is 157 Å². The van der Waals surface area contributed by atoms with Gasteiger partial charge < -0.3 is 18.9 Å². The van der Waals surface area contributed by atoms with Gasteiger partial charge in [-0.15, -0.1) is 16.4 Å². The number of amides is 1. The average molecular weight is 391 g/mol. The highest BCUT2D eigenvalue weighted by Gasteiger charge is 2.27. The number of aromatic nitrogens is 4. The number of methoxy groups -OCH3 is 2. The van der Waals surface area contributed by atoms with Gasteiger partial charge in [0.15, 0.2) is 17.2 Å². The van der Waals surface area contributed by atoms with E-state index in [0.717, 1.165) is 16.5 Å². The maximum absolute atomic E-state index is 12.8. The maximum Gasteiger partial charge on any atom is 0.272 e. The molecule has 1 aliphatic rings. The topological polar surface area (TPSA) is 120 Å². The molecule has 0 saturated carbocycles. The standard InChI is InChI=1S/C16H17N5O5S/c1-23-10-5-9-12(6-11(10)24-2)27-14(13(9)26-8-3-4-25-7-8)15(22)17-16-18-20-21-19-16/h5-6,8H,3-4,7H2,1-2H3,(H2,17,18,19,20,21,22). The molecule has 27 heavy (non-hydrogen) atoms. The van der Waals surface area contributed by atoms with Crippen LogP contribution in [-0.2, 0) is 4.74 Å². The molecule has 3 heterocycles. The molecule has 1 aromatic carbocycles. The number of hydrogen-bond donors (Lipinski definition) is 2. The minimum absolute atomic E-state index is 0.0859. The Bertz CT molecular complexity index is 952. The van der Waals surface area contributed by atoms with Crippen LogP contribution in [0.3, 0.4) is 0 Å². The molecule has 1 fully saturated rings. The summed E-state index contributed by atoms with van der Waals surface area (Å²) in [5.41, 5.74) is 0. The highest BCUT2D eigenvalue weighted by Crippen LogP contribution is 2.44. The molecule has 1 unspecified atom stereocenters. The van der Waals surface area contributed by atoms with E-state index in [-0.39, 0.29) is 18.0 Å². The van der Waals surface area contributed by atoms with Gasteiger partial charge in [0, 0.05) is 22.6 Å². The number of tetrazole rings is 1. The lowest BCUT2D eigenvalue weighted by Crippen LogP contribution is -2.18. The number of nitrogens with zero attached hydrogens (tertiary/aromatic N) is 3. The lowest BCUT2D eigenvalue weighted by Gasteiger charge is -2.13. The number of benzene rings is 1. The van der Waals surface area contributed by atoms with Crippen molar-refractivity contribution in [1.29, 1.82) is 0 Å². The van der Waals surface area contributed by atoms with E-state index in [9.17, 15) is 4.79 Å². The predicted octanol–water partition coefficient (Wildman–Crippen LogP) is 1.85. The number of carbonyl (C=O) groups is 1. The third-order valence-corrected chi connectivity index (χ3v) is 5.23. The molecule has 0 radical (unpaired) electrons. The van der Waals surface area contributed by atoms with Gasteiger partial charge in [-0.2, -0.15) is 5.21 Å². The zero-order valence-corrected chi connectivity index (χ0v) is 15.5. The maximum atomic E-state index is 12.8. The Hall–Kier alpha value is -2.92. The first-order valence-corrected chi connectivity index (χ1v) is 8.99. The van der Waals surface area contributed by atoms with E-state index in [1.54, 1.807) is 20.3 Å². The number of nitrogens with one attached hydrogen (secondary N) is 2. The highest BCUT2D eigenvalue weighted by molar-refractivity contribution is 7.21. The van der Waals surface area contributed by atoms with Crippen molar-refractivity contribution in [2.24, 2.45) is 0 Å². The zero-order chi connectivity index (χ0) is 18.8. The number of ether oxygens (including phenoxy) is 4. The van der Waals surface area contributed by atoms with Crippen LogP contribution in [0.25, 0.3) is 10.1 Å². The minimum Gasteiger partial charge on any atom is -0.493 e. The Morgan fingerprint density at radius 2 is 2.15 bits per heavy atom. The first-order valence-electron chi connectivity index (χ1n) is 8.17. The van der Waals surface area contributed by atoms with Crippen molar-refractivity contribution in [2.75, 3.05) is 32.8 Å². The van der Waals surface area contributed by atoms with E-state index in [4.69, 9.17) is 18.9 Å². The van der Waals surface area contributed by atoms with Crippen molar-refractivity contribution in [1.82, 2.24) is 20.6 Å². The fraction of sp³-hybridized carbons (Fsp3) is 0.375. The van der Waals surface area contributed by atoms with Crippen LogP contribution in [0.1, 0.15) is 16.1 Å². The lowest BCUT2D eigenvalue weighted by atomic mass is 10.2. The summed E-state index contributed by atoms with van der Waals surface area (Å²) in [4.78, 5) is 13.2. The van der Waals surface area contributed by atoms with Gasteiger partial charge in [-0.05, 0) is 11.3 Å². The van der Waals surface area contributed by atoms with Crippen molar-refractivity contribution in [3.63, 3.8) is 0 Å². The molecule has 2 N–H and O–H groups in total. The van der Waals surface area contributed by atoms with Crippen molar-refractivity contribution in [2.45, 2.75) is 12.5 Å². The van der Waals surface area contributed by atoms with Crippen LogP contribution in [0, 0.1) is 0 Å². The van der Waals surface area contributed by atoms with Crippen molar-refractivity contribution in [3.05, 3.63) is 17.0 Å². The third-order valence-electron chi connectivity index (χ3n) is 4.10. The molecular weight excluding hydrogens is 374 g/mol. The first-order chi connectivity index (χ1) is 13.2. The molecule has 3 aromatic rings. The molecule has 11 heteroatoms. The van der Waals surface area contributed by atoms with Crippen LogP contribution in [0.5, 0.6) is 17.2 Å². The third kappa shape index (κ3) is 3.38. The SMILES string of the molecule is COc1cc2sc(C(=O)Nc3nn[nH]n3)c(OC3CCOC3)c2cc1OC. The molecule has 1 amide bonds. The van der Waals surface area contributed by atoms with Gasteiger partial charge in [-0.25, -0.2) is 0 Å². The Morgan fingerprint density at radius 3 is 2.81 bits per heavy atom. The van der Waals surface area contributed by atoms with E-state index < -0.39 is 0 Å². The van der Waals surface area contributed by atoms with Gasteiger partial charge in [0.1, 0.15) is 11.0 Å². The van der Waals surface area contributed by atoms with Gasteiger partial charge in [0.25, 0.3) is 11.9 Å². The van der Waals surface area contributed by atoms with E-state index in [1.165, 1.54) is 11.3 Å². The molecule has 1 atom stereocenters. The molecule has 0 spiro atoms. The van der Waals surface area contributed by atoms with Crippen molar-refractivity contribution < 1.29 is 23.7 Å². The van der Waals surface area contributed by atoms with Gasteiger partial charge in [-0.3, -0.25) is 10.1 Å². The Morgan fingerprint density at radius 1 is 1.33 bits per heavy atom. The summed E-state index contributed by atoms with van der Waals surface area (Å²) >= 11 is 1.29. The van der Waals surface area contributed by atoms with Gasteiger partial charge in [0.2, 0.25) is 0 Å². The summed E-state index contributed by atoms with van der Waals surface area (Å²) in [5, 5.41) is 16.6. The van der Waals surface area contributed by atoms with Crippen LogP contribution in [0.15, 0.2) is 12.1 Å². The number of hydrogen-bond acceptors (Lipinski definition) is 9. The quantitative estimate of drug-likeness (QED) is 0.653. The normalized spacial score (nSPS) is 16.4. The van der Waals surface area contributed by atoms with Crippen LogP contribution in [0.4, 0.5) is 5.95 Å². The fourth-order valence-electron chi connectivity index (χ4n) is 2.81. The van der Waals surface area contributed by atoms with E-state index in [0.29, 0.717) is 35.3 Å². The van der Waals surface area contributed by atoms with Crippen LogP contribution in [0.2, 0.25) is 0 Å². The highest BCUT2D eigenvalue weighted by atomic mass is 32.1. The van der Waals surface area contributed by atoms with E-state index in [2.05, 4.69) is 25.9 Å². The largest absolute Gasteiger partial charge is 0.493 e. The molecule has 1 saturated heterocycles. The predicted molar refractivity (Wildman–Crippen MR) is 96.9 cm³/mol. The lowest BCUT2D eigenvalue weighted by molar-refractivity contribution is 0.102. The number of rotatable bonds is 6. The van der Waals surface area contributed by atoms with E-state index >= 15 is 0 Å². The second-order valence-electron chi connectivity index (χ2n) is 5.76. The molecular formula is C16H17N5O5S. The van der Waals surface area contributed by atoms with E-state index in [1.807, 2.05) is 6.07 Å². The molecule has 4 rings (SSSR count). The second kappa shape index (κ2) is 7.37. The summed E-state index contributed by atoms with van der Waals surface area (Å²) in [6, 6.07) is 3.63. The molecule has 1 aliphatic heterocycles.